The second-order valence-electron chi connectivity index (χ2n) is 10.0. The first-order valence-electron chi connectivity index (χ1n) is 14.0. The fourth-order valence-corrected chi connectivity index (χ4v) is 4.75. The second-order valence-corrected chi connectivity index (χ2v) is 11.3. The van der Waals surface area contributed by atoms with Crippen LogP contribution in [0.5, 0.6) is 5.75 Å². The highest BCUT2D eigenvalue weighted by molar-refractivity contribution is 7.11. The molecule has 0 fully saturated rings. The van der Waals surface area contributed by atoms with Crippen molar-refractivity contribution >= 4 is 23.5 Å². The Morgan fingerprint density at radius 1 is 0.952 bits per heavy atom. The number of methoxy groups -OCH3 is 1. The van der Waals surface area contributed by atoms with Crippen molar-refractivity contribution in [1.82, 2.24) is 20.5 Å². The highest BCUT2D eigenvalue weighted by atomic mass is 32.1. The number of aryl methyl sites for hydroxylation is 3. The number of thiazole rings is 1. The van der Waals surface area contributed by atoms with Crippen LogP contribution in [0.2, 0.25) is 0 Å². The summed E-state index contributed by atoms with van der Waals surface area (Å²) in [6, 6.07) is 24.8. The van der Waals surface area contributed by atoms with Crippen LogP contribution in [0.1, 0.15) is 53.8 Å². The van der Waals surface area contributed by atoms with E-state index in [0.717, 1.165) is 43.7 Å². The highest BCUT2D eigenvalue weighted by Crippen LogP contribution is 2.17. The third kappa shape index (κ3) is 13.7. The van der Waals surface area contributed by atoms with Crippen LogP contribution in [0.15, 0.2) is 78.9 Å². The van der Waals surface area contributed by atoms with Gasteiger partial charge in [0.15, 0.2) is 0 Å². The molecule has 1 heterocycles. The average Bonchev–Trinajstić information content (AvgIpc) is 3.31. The molecular formula is C34H44N4O3S. The summed E-state index contributed by atoms with van der Waals surface area (Å²) in [5, 5.41) is 7.40. The van der Waals surface area contributed by atoms with Gasteiger partial charge in [-0.05, 0) is 77.7 Å². The van der Waals surface area contributed by atoms with E-state index in [2.05, 4.69) is 67.5 Å². The van der Waals surface area contributed by atoms with Crippen LogP contribution in [0.25, 0.3) is 0 Å². The molecule has 0 aliphatic carbocycles. The van der Waals surface area contributed by atoms with Gasteiger partial charge >= 0.3 is 0 Å². The Hall–Kier alpha value is -3.85. The minimum Gasteiger partial charge on any atom is -0.497 e. The molecule has 8 heteroatoms. The predicted molar refractivity (Wildman–Crippen MR) is 174 cm³/mol. The highest BCUT2D eigenvalue weighted by Gasteiger charge is 2.05. The molecule has 0 aliphatic heterocycles. The van der Waals surface area contributed by atoms with Gasteiger partial charge in [-0.25, -0.2) is 4.98 Å². The lowest BCUT2D eigenvalue weighted by atomic mass is 10.1. The number of aromatic nitrogens is 1. The van der Waals surface area contributed by atoms with E-state index in [-0.39, 0.29) is 5.91 Å². The quantitative estimate of drug-likeness (QED) is 0.160. The maximum absolute atomic E-state index is 12.0. The fourth-order valence-electron chi connectivity index (χ4n) is 3.70. The largest absolute Gasteiger partial charge is 0.497 e. The Bertz CT molecular complexity index is 1340. The van der Waals surface area contributed by atoms with Gasteiger partial charge in [-0.2, -0.15) is 0 Å². The number of carbonyl (C=O) groups excluding carboxylic acids is 2. The van der Waals surface area contributed by atoms with Crippen molar-refractivity contribution in [2.45, 2.75) is 40.3 Å². The zero-order chi connectivity index (χ0) is 30.7. The minimum absolute atomic E-state index is 0.161. The van der Waals surface area contributed by atoms with Gasteiger partial charge in [0.05, 0.1) is 12.8 Å². The van der Waals surface area contributed by atoms with Crippen molar-refractivity contribution < 1.29 is 14.3 Å². The molecule has 7 nitrogen and oxygen atoms in total. The van der Waals surface area contributed by atoms with E-state index in [1.54, 1.807) is 42.7 Å². The SMILES string of the molecule is COc1cccc(CNCCCNC(=O)c2cccc(C=O)c2)c1.Cc1ccccc1.Cc1nc(CN(C)C)sc1C. The summed E-state index contributed by atoms with van der Waals surface area (Å²) in [5.41, 5.74) is 4.66. The Kier molecular flexibility index (Phi) is 15.8. The lowest BCUT2D eigenvalue weighted by molar-refractivity contribution is 0.0953. The topological polar surface area (TPSA) is 83.6 Å². The molecule has 0 spiro atoms. The van der Waals surface area contributed by atoms with E-state index < -0.39 is 0 Å². The van der Waals surface area contributed by atoms with E-state index in [1.807, 2.05) is 42.5 Å². The molecule has 2 N–H and O–H groups in total. The molecule has 0 saturated carbocycles. The summed E-state index contributed by atoms with van der Waals surface area (Å²) in [6.07, 6.45) is 1.56. The van der Waals surface area contributed by atoms with Crippen molar-refractivity contribution in [3.63, 3.8) is 0 Å². The van der Waals surface area contributed by atoms with Gasteiger partial charge < -0.3 is 20.3 Å². The third-order valence-electron chi connectivity index (χ3n) is 6.03. The molecule has 0 aliphatic rings. The Labute approximate surface area is 255 Å². The van der Waals surface area contributed by atoms with Crippen LogP contribution >= 0.6 is 11.3 Å². The molecule has 0 radical (unpaired) electrons. The number of amides is 1. The number of carbonyl (C=O) groups is 2. The third-order valence-corrected chi connectivity index (χ3v) is 7.09. The van der Waals surface area contributed by atoms with Gasteiger partial charge in [-0.15, -0.1) is 11.3 Å². The summed E-state index contributed by atoms with van der Waals surface area (Å²) in [5.74, 6) is 0.686. The molecule has 1 amide bonds. The van der Waals surface area contributed by atoms with E-state index in [1.165, 1.54) is 21.1 Å². The average molecular weight is 589 g/mol. The summed E-state index contributed by atoms with van der Waals surface area (Å²) in [4.78, 5) is 30.6. The molecule has 224 valence electrons. The Morgan fingerprint density at radius 2 is 1.69 bits per heavy atom. The Balaban J connectivity index is 0.000000279. The molecule has 0 saturated heterocycles. The van der Waals surface area contributed by atoms with E-state index in [4.69, 9.17) is 4.74 Å². The molecule has 3 aromatic carbocycles. The zero-order valence-electron chi connectivity index (χ0n) is 25.6. The van der Waals surface area contributed by atoms with Crippen LogP contribution in [-0.2, 0) is 13.1 Å². The number of nitrogens with zero attached hydrogens (tertiary/aromatic N) is 2. The number of ether oxygens (including phenoxy) is 1. The maximum atomic E-state index is 12.0. The molecule has 0 atom stereocenters. The van der Waals surface area contributed by atoms with Crippen molar-refractivity contribution in [3.8, 4) is 5.75 Å². The summed E-state index contributed by atoms with van der Waals surface area (Å²) >= 11 is 1.79. The Morgan fingerprint density at radius 3 is 2.29 bits per heavy atom. The molecular weight excluding hydrogens is 544 g/mol. The summed E-state index contributed by atoms with van der Waals surface area (Å²) in [6.45, 7) is 9.35. The number of hydrogen-bond acceptors (Lipinski definition) is 7. The standard InChI is InChI=1S/C19H22N2O3.C8H14N2S.C7H8/c1-24-18-8-3-5-15(12-18)13-20-9-4-10-21-19(23)17-7-2-6-16(11-17)14-22;1-6-7(2)11-8(9-6)5-10(3)4;1-7-5-3-2-4-6-7/h2-3,5-8,11-12,14,20H,4,9-10,13H2,1H3,(H,21,23);5H2,1-4H3;2-6H,1H3. The fraction of sp³-hybridized carbons (Fsp3) is 0.324. The lowest BCUT2D eigenvalue weighted by Gasteiger charge is -2.08. The van der Waals surface area contributed by atoms with Gasteiger partial charge in [0, 0.05) is 35.6 Å². The number of nitrogens with one attached hydrogen (secondary N) is 2. The van der Waals surface area contributed by atoms with E-state index in [0.29, 0.717) is 17.7 Å². The van der Waals surface area contributed by atoms with Crippen LogP contribution in [0, 0.1) is 20.8 Å². The van der Waals surface area contributed by atoms with Gasteiger partial charge in [-0.3, -0.25) is 9.59 Å². The summed E-state index contributed by atoms with van der Waals surface area (Å²) < 4.78 is 5.19. The van der Waals surface area contributed by atoms with Gasteiger partial charge in [0.25, 0.3) is 5.91 Å². The number of aldehydes is 1. The second kappa shape index (κ2) is 19.3. The first-order valence-corrected chi connectivity index (χ1v) is 14.8. The van der Waals surface area contributed by atoms with Gasteiger partial charge in [0.1, 0.15) is 17.0 Å². The van der Waals surface area contributed by atoms with Gasteiger partial charge in [0.2, 0.25) is 0 Å². The van der Waals surface area contributed by atoms with Crippen molar-refractivity contribution in [2.75, 3.05) is 34.3 Å². The minimum atomic E-state index is -0.161. The van der Waals surface area contributed by atoms with Crippen LogP contribution in [0.3, 0.4) is 0 Å². The molecule has 1 aromatic heterocycles. The van der Waals surface area contributed by atoms with Crippen molar-refractivity contribution in [3.05, 3.63) is 117 Å². The smallest absolute Gasteiger partial charge is 0.251 e. The normalized spacial score (nSPS) is 10.2. The molecule has 0 bridgehead atoms. The van der Waals surface area contributed by atoms with Crippen LogP contribution in [-0.4, -0.2) is 56.4 Å². The first kappa shape index (κ1) is 34.4. The number of benzene rings is 3. The van der Waals surface area contributed by atoms with E-state index in [9.17, 15) is 9.59 Å². The zero-order valence-corrected chi connectivity index (χ0v) is 26.5. The van der Waals surface area contributed by atoms with Crippen LogP contribution < -0.4 is 15.4 Å². The molecule has 4 aromatic rings. The monoisotopic (exact) mass is 588 g/mol. The van der Waals surface area contributed by atoms with Gasteiger partial charge in [-0.1, -0.05) is 60.2 Å². The molecule has 42 heavy (non-hydrogen) atoms. The maximum Gasteiger partial charge on any atom is 0.251 e. The van der Waals surface area contributed by atoms with Crippen molar-refractivity contribution in [2.24, 2.45) is 0 Å². The number of rotatable bonds is 11. The van der Waals surface area contributed by atoms with Crippen molar-refractivity contribution in [1.29, 1.82) is 0 Å². The van der Waals surface area contributed by atoms with E-state index >= 15 is 0 Å². The first-order chi connectivity index (χ1) is 20.2. The molecule has 0 unspecified atom stereocenters. The summed E-state index contributed by atoms with van der Waals surface area (Å²) in [7, 11) is 5.78. The molecule has 4 rings (SSSR count). The predicted octanol–water partition coefficient (Wildman–Crippen LogP) is 6.23. The van der Waals surface area contributed by atoms with Crippen LogP contribution in [0.4, 0.5) is 0 Å². The number of hydrogen-bond donors (Lipinski definition) is 2. The lowest BCUT2D eigenvalue weighted by Crippen LogP contribution is -2.27.